The molecule has 10 aromatic carbocycles. The molecule has 11 aromatic rings. The SMILES string of the molecule is CC1(C)c2ccccc2-c2ccc(-c3c(-c4cc(-c5c6ccccc6c(-c6ccccc6)c6ccccc56)c5ccccc5c4)ccc4oc5ccccc5c34)cc21. The lowest BCUT2D eigenvalue weighted by Crippen LogP contribution is -2.14. The van der Waals surface area contributed by atoms with Crippen LogP contribution in [-0.4, -0.2) is 0 Å². The second-order valence-electron chi connectivity index (χ2n) is 16.3. The first-order valence-electron chi connectivity index (χ1n) is 20.3. The maximum Gasteiger partial charge on any atom is 0.136 e. The molecule has 0 saturated carbocycles. The average Bonchev–Trinajstić information content (AvgIpc) is 3.77. The summed E-state index contributed by atoms with van der Waals surface area (Å²) in [6.45, 7) is 4.73. The van der Waals surface area contributed by atoms with Gasteiger partial charge in [0.1, 0.15) is 11.2 Å². The van der Waals surface area contributed by atoms with Gasteiger partial charge in [-0.25, -0.2) is 0 Å². The van der Waals surface area contributed by atoms with Gasteiger partial charge < -0.3 is 4.42 Å². The largest absolute Gasteiger partial charge is 0.456 e. The van der Waals surface area contributed by atoms with E-state index in [1.165, 1.54) is 99.1 Å². The zero-order chi connectivity index (χ0) is 38.5. The van der Waals surface area contributed by atoms with Gasteiger partial charge in [-0.15, -0.1) is 0 Å². The van der Waals surface area contributed by atoms with Crippen LogP contribution in [0.4, 0.5) is 0 Å². The molecule has 58 heavy (non-hydrogen) atoms. The van der Waals surface area contributed by atoms with E-state index in [-0.39, 0.29) is 5.41 Å². The molecular formula is C57H38O. The van der Waals surface area contributed by atoms with Crippen LogP contribution in [0.5, 0.6) is 0 Å². The van der Waals surface area contributed by atoms with Crippen LogP contribution in [0.25, 0.3) is 110 Å². The Morgan fingerprint density at radius 3 is 1.67 bits per heavy atom. The number of hydrogen-bond acceptors (Lipinski definition) is 1. The van der Waals surface area contributed by atoms with E-state index < -0.39 is 0 Å². The fraction of sp³-hybridized carbons (Fsp3) is 0.0526. The Hall–Kier alpha value is -7.22. The number of hydrogen-bond donors (Lipinski definition) is 0. The maximum atomic E-state index is 6.60. The molecule has 272 valence electrons. The van der Waals surface area contributed by atoms with Crippen molar-refractivity contribution in [2.45, 2.75) is 19.3 Å². The number of rotatable bonds is 4. The lowest BCUT2D eigenvalue weighted by Gasteiger charge is -2.23. The van der Waals surface area contributed by atoms with Gasteiger partial charge in [-0.2, -0.15) is 0 Å². The van der Waals surface area contributed by atoms with Gasteiger partial charge in [0.15, 0.2) is 0 Å². The lowest BCUT2D eigenvalue weighted by molar-refractivity contribution is 0.660. The quantitative estimate of drug-likeness (QED) is 0.164. The molecule has 1 aromatic heterocycles. The highest BCUT2D eigenvalue weighted by molar-refractivity contribution is 6.24. The van der Waals surface area contributed by atoms with Gasteiger partial charge >= 0.3 is 0 Å². The molecule has 1 aliphatic rings. The molecule has 1 nitrogen and oxygen atoms in total. The van der Waals surface area contributed by atoms with Crippen molar-refractivity contribution < 1.29 is 4.42 Å². The summed E-state index contributed by atoms with van der Waals surface area (Å²) in [5.41, 5.74) is 16.8. The summed E-state index contributed by atoms with van der Waals surface area (Å²) in [5.74, 6) is 0. The summed E-state index contributed by atoms with van der Waals surface area (Å²) in [4.78, 5) is 0. The smallest absolute Gasteiger partial charge is 0.136 e. The molecule has 0 aliphatic heterocycles. The second kappa shape index (κ2) is 12.4. The molecule has 0 saturated heterocycles. The van der Waals surface area contributed by atoms with Gasteiger partial charge in [-0.3, -0.25) is 0 Å². The van der Waals surface area contributed by atoms with Crippen LogP contribution in [0.1, 0.15) is 25.0 Å². The molecule has 0 spiro atoms. The molecule has 0 radical (unpaired) electrons. The first-order chi connectivity index (χ1) is 28.5. The molecule has 0 unspecified atom stereocenters. The predicted octanol–water partition coefficient (Wildman–Crippen LogP) is 16.0. The summed E-state index contributed by atoms with van der Waals surface area (Å²) in [6, 6.07) is 71.5. The minimum Gasteiger partial charge on any atom is -0.456 e. The third-order valence-corrected chi connectivity index (χ3v) is 12.9. The summed E-state index contributed by atoms with van der Waals surface area (Å²) >= 11 is 0. The van der Waals surface area contributed by atoms with E-state index >= 15 is 0 Å². The Labute approximate surface area is 337 Å². The lowest BCUT2D eigenvalue weighted by atomic mass is 9.80. The molecule has 0 atom stereocenters. The highest BCUT2D eigenvalue weighted by atomic mass is 16.3. The normalized spacial score (nSPS) is 13.1. The third-order valence-electron chi connectivity index (χ3n) is 12.9. The number of fused-ring (bicyclic) bond motifs is 9. The van der Waals surface area contributed by atoms with E-state index in [2.05, 4.69) is 208 Å². The molecule has 1 aliphatic carbocycles. The van der Waals surface area contributed by atoms with Gasteiger partial charge in [0, 0.05) is 21.8 Å². The molecule has 12 rings (SSSR count). The van der Waals surface area contributed by atoms with Crippen LogP contribution in [0, 0.1) is 0 Å². The minimum absolute atomic E-state index is 0.126. The van der Waals surface area contributed by atoms with Crippen molar-refractivity contribution in [2.24, 2.45) is 0 Å². The Morgan fingerprint density at radius 1 is 0.328 bits per heavy atom. The van der Waals surface area contributed by atoms with Crippen molar-refractivity contribution >= 4 is 54.3 Å². The maximum absolute atomic E-state index is 6.60. The van der Waals surface area contributed by atoms with E-state index in [1.807, 2.05) is 0 Å². The molecule has 1 heteroatoms. The summed E-state index contributed by atoms with van der Waals surface area (Å²) in [6.07, 6.45) is 0. The standard InChI is InChI=1S/C57H38O/c1-57(2)49-26-14-12-20-41(49)42-29-28-37(34-50(42)57)54-40(30-31-52-56(54)47-25-13-15-27-51(47)58-52)38-32-36-18-6-7-19-39(36)48(33-38)55-45-23-10-8-21-43(45)53(35-16-4-3-5-17-35)44-22-9-11-24-46(44)55/h3-34H,1-2H3. The van der Waals surface area contributed by atoms with Crippen molar-refractivity contribution in [1.82, 2.24) is 0 Å². The minimum atomic E-state index is -0.126. The van der Waals surface area contributed by atoms with Gasteiger partial charge in [-0.05, 0) is 124 Å². The molecular weight excluding hydrogens is 701 g/mol. The van der Waals surface area contributed by atoms with Gasteiger partial charge in [0.25, 0.3) is 0 Å². The number of para-hydroxylation sites is 1. The fourth-order valence-electron chi connectivity index (χ4n) is 10.2. The first kappa shape index (κ1) is 33.0. The Bertz CT molecular complexity index is 3410. The molecule has 0 bridgehead atoms. The molecule has 1 heterocycles. The highest BCUT2D eigenvalue weighted by Gasteiger charge is 2.35. The van der Waals surface area contributed by atoms with E-state index in [1.54, 1.807) is 0 Å². The zero-order valence-electron chi connectivity index (χ0n) is 32.4. The van der Waals surface area contributed by atoms with Crippen molar-refractivity contribution in [3.63, 3.8) is 0 Å². The average molecular weight is 739 g/mol. The fourth-order valence-corrected chi connectivity index (χ4v) is 10.2. The Morgan fingerprint density at radius 2 is 0.914 bits per heavy atom. The molecule has 0 fully saturated rings. The van der Waals surface area contributed by atoms with Crippen LogP contribution in [0.2, 0.25) is 0 Å². The van der Waals surface area contributed by atoms with Crippen LogP contribution in [0.15, 0.2) is 199 Å². The van der Waals surface area contributed by atoms with Crippen LogP contribution >= 0.6 is 0 Å². The number of furan rings is 1. The van der Waals surface area contributed by atoms with Gasteiger partial charge in [0.2, 0.25) is 0 Å². The third kappa shape index (κ3) is 4.71. The van der Waals surface area contributed by atoms with Crippen LogP contribution < -0.4 is 0 Å². The van der Waals surface area contributed by atoms with E-state index in [0.29, 0.717) is 0 Å². The summed E-state index contributed by atoms with van der Waals surface area (Å²) in [5, 5.41) is 9.74. The second-order valence-corrected chi connectivity index (χ2v) is 16.3. The van der Waals surface area contributed by atoms with Crippen molar-refractivity contribution in [3.8, 4) is 55.6 Å². The van der Waals surface area contributed by atoms with Crippen molar-refractivity contribution in [2.75, 3.05) is 0 Å². The highest BCUT2D eigenvalue weighted by Crippen LogP contribution is 2.52. The predicted molar refractivity (Wildman–Crippen MR) is 246 cm³/mol. The van der Waals surface area contributed by atoms with E-state index in [9.17, 15) is 0 Å². The zero-order valence-corrected chi connectivity index (χ0v) is 32.4. The van der Waals surface area contributed by atoms with E-state index in [4.69, 9.17) is 4.42 Å². The molecule has 0 N–H and O–H groups in total. The monoisotopic (exact) mass is 738 g/mol. The van der Waals surface area contributed by atoms with E-state index in [0.717, 1.165) is 21.9 Å². The molecule has 0 amide bonds. The Balaban J connectivity index is 1.18. The van der Waals surface area contributed by atoms with Gasteiger partial charge in [-0.1, -0.05) is 178 Å². The van der Waals surface area contributed by atoms with Crippen LogP contribution in [0.3, 0.4) is 0 Å². The van der Waals surface area contributed by atoms with Crippen molar-refractivity contribution in [3.05, 3.63) is 205 Å². The van der Waals surface area contributed by atoms with Crippen molar-refractivity contribution in [1.29, 1.82) is 0 Å². The topological polar surface area (TPSA) is 13.1 Å². The number of benzene rings is 10. The summed E-state index contributed by atoms with van der Waals surface area (Å²) in [7, 11) is 0. The summed E-state index contributed by atoms with van der Waals surface area (Å²) < 4.78 is 6.60. The Kier molecular flexibility index (Phi) is 7.04. The first-order valence-corrected chi connectivity index (χ1v) is 20.3. The van der Waals surface area contributed by atoms with Gasteiger partial charge in [0.05, 0.1) is 0 Å². The van der Waals surface area contributed by atoms with Crippen LogP contribution in [-0.2, 0) is 5.41 Å².